The topological polar surface area (TPSA) is 83.8 Å². The minimum atomic E-state index is -1.04. The van der Waals surface area contributed by atoms with Crippen LogP contribution in [-0.2, 0) is 4.79 Å². The van der Waals surface area contributed by atoms with Crippen molar-refractivity contribution in [3.63, 3.8) is 0 Å². The number of carbonyl (C=O) groups excluding carboxylic acids is 1. The fourth-order valence-electron chi connectivity index (χ4n) is 3.87. The number of fused-ring (bicyclic) bond motifs is 1. The number of aliphatic carboxylic acids is 1. The lowest BCUT2D eigenvalue weighted by Gasteiger charge is -2.12. The molecule has 0 aliphatic heterocycles. The van der Waals surface area contributed by atoms with Crippen molar-refractivity contribution >= 4 is 39.3 Å². The first-order valence-corrected chi connectivity index (χ1v) is 11.2. The fraction of sp³-hybridized carbons (Fsp3) is 0.111. The molecule has 0 spiro atoms. The molecular weight excluding hydrogens is 455 g/mol. The van der Waals surface area contributed by atoms with E-state index in [9.17, 15) is 19.1 Å². The molecule has 0 amide bonds. The number of halogens is 1. The highest BCUT2D eigenvalue weighted by Gasteiger charge is 2.25. The number of carboxylic acid groups (broad SMARTS) is 1. The van der Waals surface area contributed by atoms with E-state index < -0.39 is 11.8 Å². The van der Waals surface area contributed by atoms with Gasteiger partial charge >= 0.3 is 5.97 Å². The molecule has 1 aromatic heterocycles. The molecule has 5 nitrogen and oxygen atoms in total. The van der Waals surface area contributed by atoms with E-state index in [1.807, 2.05) is 6.92 Å². The molecule has 4 aromatic rings. The number of rotatable bonds is 6. The van der Waals surface area contributed by atoms with Crippen molar-refractivity contribution < 1.29 is 28.9 Å². The molecule has 4 rings (SSSR count). The van der Waals surface area contributed by atoms with Gasteiger partial charge in [0.2, 0.25) is 5.78 Å². The molecule has 0 fully saturated rings. The number of aryl methyl sites for hydroxylation is 3. The molecule has 0 bridgehead atoms. The lowest BCUT2D eigenvalue weighted by Crippen LogP contribution is -2.06. The van der Waals surface area contributed by atoms with E-state index in [1.54, 1.807) is 44.2 Å². The molecular formula is C27H21FO5S. The highest BCUT2D eigenvalue weighted by Crippen LogP contribution is 2.43. The quantitative estimate of drug-likeness (QED) is 0.236. The second-order valence-corrected chi connectivity index (χ2v) is 9.03. The molecule has 2 N–H and O–H groups in total. The van der Waals surface area contributed by atoms with Crippen molar-refractivity contribution in [2.24, 2.45) is 0 Å². The summed E-state index contributed by atoms with van der Waals surface area (Å²) in [6.45, 7) is 5.21. The number of phenols is 1. The van der Waals surface area contributed by atoms with E-state index in [1.165, 1.54) is 35.6 Å². The zero-order chi connectivity index (χ0) is 24.6. The van der Waals surface area contributed by atoms with Gasteiger partial charge < -0.3 is 14.9 Å². The van der Waals surface area contributed by atoms with Gasteiger partial charge in [0.15, 0.2) is 5.75 Å². The fourth-order valence-corrected chi connectivity index (χ4v) is 4.98. The van der Waals surface area contributed by atoms with Crippen LogP contribution in [0.25, 0.3) is 16.2 Å². The summed E-state index contributed by atoms with van der Waals surface area (Å²) in [6, 6.07) is 12.6. The van der Waals surface area contributed by atoms with Crippen molar-refractivity contribution in [1.29, 1.82) is 0 Å². The van der Waals surface area contributed by atoms with Gasteiger partial charge in [-0.1, -0.05) is 6.07 Å². The first-order chi connectivity index (χ1) is 16.1. The Hall–Kier alpha value is -3.97. The van der Waals surface area contributed by atoms with Crippen LogP contribution in [-0.4, -0.2) is 22.0 Å². The largest absolute Gasteiger partial charge is 0.508 e. The number of thiophene rings is 1. The summed E-state index contributed by atoms with van der Waals surface area (Å²) >= 11 is 1.20. The number of hydrogen-bond acceptors (Lipinski definition) is 5. The third-order valence-corrected chi connectivity index (χ3v) is 6.56. The van der Waals surface area contributed by atoms with E-state index in [2.05, 4.69) is 0 Å². The summed E-state index contributed by atoms with van der Waals surface area (Å²) < 4.78 is 20.7. The summed E-state index contributed by atoms with van der Waals surface area (Å²) in [7, 11) is 0. The maximum absolute atomic E-state index is 13.8. The van der Waals surface area contributed by atoms with Crippen LogP contribution in [0.3, 0.4) is 0 Å². The van der Waals surface area contributed by atoms with Crippen LogP contribution in [0.1, 0.15) is 37.5 Å². The molecule has 7 heteroatoms. The standard InChI is InChI=1S/C27H21FO5S/c1-14-12-20(7-4-17(14)5-9-23(30)31)33-26-21-8-6-19(29)13-22(21)34-27(26)25(32)24-15(2)10-18(28)11-16(24)3/h4-13,29H,1-3H3,(H,30,31)/b9-5+. The number of phenolic OH excluding ortho intramolecular Hbond substituents is 1. The maximum atomic E-state index is 13.8. The van der Waals surface area contributed by atoms with Crippen LogP contribution in [0.15, 0.2) is 54.6 Å². The first-order valence-electron chi connectivity index (χ1n) is 10.4. The van der Waals surface area contributed by atoms with Crippen molar-refractivity contribution in [3.8, 4) is 17.2 Å². The lowest BCUT2D eigenvalue weighted by molar-refractivity contribution is -0.131. The first kappa shape index (κ1) is 23.2. The van der Waals surface area contributed by atoms with Crippen LogP contribution in [0.4, 0.5) is 4.39 Å². The Balaban J connectivity index is 1.82. The Bertz CT molecular complexity index is 1460. The molecule has 3 aromatic carbocycles. The van der Waals surface area contributed by atoms with Gasteiger partial charge in [-0.05, 0) is 91.6 Å². The van der Waals surface area contributed by atoms with Gasteiger partial charge in [-0.2, -0.15) is 0 Å². The summed E-state index contributed by atoms with van der Waals surface area (Å²) in [6.07, 6.45) is 2.56. The monoisotopic (exact) mass is 476 g/mol. The summed E-state index contributed by atoms with van der Waals surface area (Å²) in [5.41, 5.74) is 2.99. The van der Waals surface area contributed by atoms with Crippen molar-refractivity contribution in [2.45, 2.75) is 20.8 Å². The van der Waals surface area contributed by atoms with Gasteiger partial charge in [0.05, 0.1) is 0 Å². The van der Waals surface area contributed by atoms with E-state index >= 15 is 0 Å². The highest BCUT2D eigenvalue weighted by atomic mass is 32.1. The Morgan fingerprint density at radius 1 is 0.971 bits per heavy atom. The van der Waals surface area contributed by atoms with E-state index in [-0.39, 0.29) is 11.5 Å². The van der Waals surface area contributed by atoms with Gasteiger partial charge in [-0.3, -0.25) is 4.79 Å². The van der Waals surface area contributed by atoms with Crippen molar-refractivity contribution in [2.75, 3.05) is 0 Å². The number of carboxylic acids is 1. The predicted octanol–water partition coefficient (Wildman–Crippen LogP) is 6.79. The second kappa shape index (κ2) is 9.11. The van der Waals surface area contributed by atoms with E-state index in [4.69, 9.17) is 9.84 Å². The van der Waals surface area contributed by atoms with Crippen LogP contribution in [0.2, 0.25) is 0 Å². The molecule has 34 heavy (non-hydrogen) atoms. The summed E-state index contributed by atoms with van der Waals surface area (Å²) in [5, 5.41) is 19.5. The van der Waals surface area contributed by atoms with Crippen LogP contribution >= 0.6 is 11.3 Å². The minimum Gasteiger partial charge on any atom is -0.508 e. The zero-order valence-electron chi connectivity index (χ0n) is 18.7. The average molecular weight is 477 g/mol. The number of hydrogen-bond donors (Lipinski definition) is 2. The smallest absolute Gasteiger partial charge is 0.328 e. The molecule has 0 unspecified atom stereocenters. The molecule has 0 aliphatic rings. The number of ether oxygens (including phenoxy) is 1. The molecule has 0 saturated heterocycles. The maximum Gasteiger partial charge on any atom is 0.328 e. The van der Waals surface area contributed by atoms with Crippen LogP contribution in [0, 0.1) is 26.6 Å². The van der Waals surface area contributed by atoms with Crippen molar-refractivity contribution in [3.05, 3.63) is 93.1 Å². The SMILES string of the molecule is Cc1cc(Oc2c(C(=O)c3c(C)cc(F)cc3C)sc3cc(O)ccc23)ccc1/C=C/C(=O)O. The third-order valence-electron chi connectivity index (χ3n) is 5.43. The highest BCUT2D eigenvalue weighted by molar-refractivity contribution is 7.21. The second-order valence-electron chi connectivity index (χ2n) is 7.98. The predicted molar refractivity (Wildman–Crippen MR) is 131 cm³/mol. The molecule has 0 radical (unpaired) electrons. The summed E-state index contributed by atoms with van der Waals surface area (Å²) in [5.74, 6) is -0.845. The molecule has 1 heterocycles. The molecule has 0 saturated carbocycles. The molecule has 0 atom stereocenters. The van der Waals surface area contributed by atoms with Crippen LogP contribution in [0.5, 0.6) is 17.2 Å². The lowest BCUT2D eigenvalue weighted by atomic mass is 9.97. The molecule has 0 aliphatic carbocycles. The molecule has 172 valence electrons. The normalized spacial score (nSPS) is 11.3. The van der Waals surface area contributed by atoms with E-state index in [0.29, 0.717) is 43.2 Å². The number of ketones is 1. The van der Waals surface area contributed by atoms with Crippen molar-refractivity contribution in [1.82, 2.24) is 0 Å². The number of benzene rings is 3. The number of aromatic hydroxyl groups is 1. The third kappa shape index (κ3) is 4.56. The zero-order valence-corrected chi connectivity index (χ0v) is 19.5. The Morgan fingerprint density at radius 2 is 1.68 bits per heavy atom. The van der Waals surface area contributed by atoms with Gasteiger partial charge in [0.25, 0.3) is 0 Å². The summed E-state index contributed by atoms with van der Waals surface area (Å²) in [4.78, 5) is 24.8. The van der Waals surface area contributed by atoms with Gasteiger partial charge in [0, 0.05) is 21.7 Å². The van der Waals surface area contributed by atoms with Crippen LogP contribution < -0.4 is 4.74 Å². The minimum absolute atomic E-state index is 0.0684. The Labute approximate surface area is 199 Å². The Morgan fingerprint density at radius 3 is 2.32 bits per heavy atom. The van der Waals surface area contributed by atoms with Gasteiger partial charge in [-0.15, -0.1) is 11.3 Å². The Kier molecular flexibility index (Phi) is 6.22. The van der Waals surface area contributed by atoms with Gasteiger partial charge in [-0.25, -0.2) is 9.18 Å². The number of carbonyl (C=O) groups is 2. The average Bonchev–Trinajstić information content (AvgIpc) is 3.09. The van der Waals surface area contributed by atoms with Gasteiger partial charge in [0.1, 0.15) is 22.2 Å². The van der Waals surface area contributed by atoms with E-state index in [0.717, 1.165) is 17.2 Å².